The fourth-order valence-corrected chi connectivity index (χ4v) is 3.72. The Morgan fingerprint density at radius 1 is 1.27 bits per heavy atom. The molecule has 0 spiro atoms. The average Bonchev–Trinajstić information content (AvgIpc) is 3.03. The van der Waals surface area contributed by atoms with Crippen molar-refractivity contribution < 1.29 is 5.32 Å². The molecule has 7 heteroatoms. The van der Waals surface area contributed by atoms with Gasteiger partial charge in [0.25, 0.3) is 5.56 Å². The number of aromatic nitrogens is 4. The van der Waals surface area contributed by atoms with Crippen LogP contribution in [-0.4, -0.2) is 19.5 Å². The summed E-state index contributed by atoms with van der Waals surface area (Å²) in [5, 5.41) is 2.83. The quantitative estimate of drug-likeness (QED) is 0.734. The van der Waals surface area contributed by atoms with Crippen molar-refractivity contribution >= 4 is 28.9 Å². The number of aryl methyl sites for hydroxylation is 1. The first-order valence-corrected chi connectivity index (χ1v) is 8.83. The Hall–Kier alpha value is -3.06. The van der Waals surface area contributed by atoms with E-state index >= 15 is 0 Å². The van der Waals surface area contributed by atoms with Gasteiger partial charge < -0.3 is 5.73 Å². The zero-order valence-corrected chi connectivity index (χ0v) is 14.4. The normalized spacial score (nSPS) is 16.0. The summed E-state index contributed by atoms with van der Waals surface area (Å²) in [5.74, 6) is 1.14. The Kier molecular flexibility index (Phi) is 3.20. The van der Waals surface area contributed by atoms with Crippen LogP contribution in [0.15, 0.2) is 29.3 Å². The number of rotatable bonds is 2. The van der Waals surface area contributed by atoms with Gasteiger partial charge in [0.15, 0.2) is 0 Å². The van der Waals surface area contributed by atoms with E-state index in [0.29, 0.717) is 11.2 Å². The predicted molar refractivity (Wildman–Crippen MR) is 99.7 cm³/mol. The number of quaternary nitrogens is 1. The summed E-state index contributed by atoms with van der Waals surface area (Å²) in [4.78, 5) is 26.5. The van der Waals surface area contributed by atoms with E-state index in [1.54, 1.807) is 6.20 Å². The lowest BCUT2D eigenvalue weighted by Crippen LogP contribution is -2.69. The molecule has 1 aliphatic heterocycles. The SMILES string of the molecule is Cc1nc(N)nc2c1cc(-c1cnc3c(c1)C=C[NH2+]3)c(=O)n2C1CCC1. The van der Waals surface area contributed by atoms with Crippen LogP contribution in [0.25, 0.3) is 28.2 Å². The van der Waals surface area contributed by atoms with Crippen LogP contribution in [-0.2, 0) is 0 Å². The number of fused-ring (bicyclic) bond motifs is 2. The van der Waals surface area contributed by atoms with Crippen molar-refractivity contribution in [2.45, 2.75) is 32.2 Å². The van der Waals surface area contributed by atoms with Gasteiger partial charge in [-0.3, -0.25) is 14.7 Å². The van der Waals surface area contributed by atoms with Crippen LogP contribution in [0, 0.1) is 6.92 Å². The van der Waals surface area contributed by atoms with E-state index in [2.05, 4.69) is 15.0 Å². The molecule has 3 aromatic rings. The van der Waals surface area contributed by atoms with Crippen molar-refractivity contribution in [2.75, 3.05) is 5.73 Å². The molecule has 0 saturated heterocycles. The fraction of sp³-hybridized carbons (Fsp3) is 0.263. The second kappa shape index (κ2) is 5.47. The summed E-state index contributed by atoms with van der Waals surface area (Å²) in [5.41, 5.74) is 9.72. The monoisotopic (exact) mass is 347 g/mol. The zero-order chi connectivity index (χ0) is 17.8. The van der Waals surface area contributed by atoms with Crippen LogP contribution < -0.4 is 16.6 Å². The third kappa shape index (κ3) is 2.17. The van der Waals surface area contributed by atoms with Crippen molar-refractivity contribution in [3.05, 3.63) is 46.1 Å². The molecule has 4 N–H and O–H groups in total. The highest BCUT2D eigenvalue weighted by Crippen LogP contribution is 2.34. The Labute approximate surface area is 149 Å². The van der Waals surface area contributed by atoms with E-state index in [0.717, 1.165) is 47.3 Å². The van der Waals surface area contributed by atoms with E-state index in [9.17, 15) is 4.79 Å². The number of nitrogens with two attached hydrogens (primary N) is 2. The number of nitrogen functional groups attached to an aromatic ring is 1. The second-order valence-corrected chi connectivity index (χ2v) is 6.95. The molecule has 0 radical (unpaired) electrons. The van der Waals surface area contributed by atoms with Gasteiger partial charge in [-0.1, -0.05) is 0 Å². The molecule has 4 heterocycles. The van der Waals surface area contributed by atoms with Crippen LogP contribution in [0.2, 0.25) is 0 Å². The van der Waals surface area contributed by atoms with Crippen LogP contribution in [0.1, 0.15) is 36.6 Å². The number of pyridine rings is 2. The molecule has 3 aromatic heterocycles. The standard InChI is InChI=1S/C19H18N6O/c1-10-14-8-15(12-7-11-5-6-21-16(11)22-9-12)18(26)25(13-3-2-4-13)17(14)24-19(20)23-10/h5-9,13H,2-4H2,1H3,(H,21,22)(H2,20,23,24)/p+1. The molecule has 130 valence electrons. The summed E-state index contributed by atoms with van der Waals surface area (Å²) >= 11 is 0. The van der Waals surface area contributed by atoms with E-state index in [1.807, 2.05) is 41.2 Å². The Morgan fingerprint density at radius 2 is 2.12 bits per heavy atom. The van der Waals surface area contributed by atoms with Gasteiger partial charge in [0.1, 0.15) is 5.65 Å². The van der Waals surface area contributed by atoms with E-state index in [4.69, 9.17) is 5.73 Å². The Balaban J connectivity index is 1.82. The molecule has 0 atom stereocenters. The van der Waals surface area contributed by atoms with Crippen LogP contribution in [0.5, 0.6) is 0 Å². The molecular weight excluding hydrogens is 328 g/mol. The first-order valence-electron chi connectivity index (χ1n) is 8.83. The average molecular weight is 347 g/mol. The Morgan fingerprint density at radius 3 is 2.88 bits per heavy atom. The van der Waals surface area contributed by atoms with Gasteiger partial charge >= 0.3 is 0 Å². The van der Waals surface area contributed by atoms with Crippen LogP contribution >= 0.6 is 0 Å². The number of anilines is 1. The van der Waals surface area contributed by atoms with Gasteiger partial charge in [-0.05, 0) is 38.3 Å². The maximum atomic E-state index is 13.3. The summed E-state index contributed by atoms with van der Waals surface area (Å²) in [6, 6.07) is 4.07. The Bertz CT molecular complexity index is 1140. The summed E-state index contributed by atoms with van der Waals surface area (Å²) in [7, 11) is 0. The number of hydrogen-bond acceptors (Lipinski definition) is 5. The molecule has 0 bridgehead atoms. The van der Waals surface area contributed by atoms with Crippen LogP contribution in [0.3, 0.4) is 0 Å². The van der Waals surface area contributed by atoms with Gasteiger partial charge in [-0.25, -0.2) is 9.97 Å². The van der Waals surface area contributed by atoms with Gasteiger partial charge in [-0.15, -0.1) is 0 Å². The first kappa shape index (κ1) is 15.2. The topological polar surface area (TPSA) is 103 Å². The van der Waals surface area contributed by atoms with Crippen molar-refractivity contribution in [1.82, 2.24) is 19.5 Å². The van der Waals surface area contributed by atoms with E-state index in [-0.39, 0.29) is 17.5 Å². The lowest BCUT2D eigenvalue weighted by molar-refractivity contribution is -0.495. The molecule has 2 aliphatic rings. The molecule has 0 unspecified atom stereocenters. The first-order chi connectivity index (χ1) is 12.6. The second-order valence-electron chi connectivity index (χ2n) is 6.95. The summed E-state index contributed by atoms with van der Waals surface area (Å²) in [6.45, 7) is 1.90. The molecule has 0 amide bonds. The molecule has 5 rings (SSSR count). The number of hydrogen-bond donors (Lipinski definition) is 2. The van der Waals surface area contributed by atoms with E-state index in [1.165, 1.54) is 0 Å². The van der Waals surface area contributed by atoms with Gasteiger partial charge in [0.2, 0.25) is 11.8 Å². The smallest absolute Gasteiger partial charge is 0.260 e. The van der Waals surface area contributed by atoms with Crippen LogP contribution in [0.4, 0.5) is 11.8 Å². The minimum atomic E-state index is -0.0348. The highest BCUT2D eigenvalue weighted by Gasteiger charge is 2.26. The van der Waals surface area contributed by atoms with Crippen molar-refractivity contribution in [2.24, 2.45) is 0 Å². The van der Waals surface area contributed by atoms with Gasteiger partial charge in [0.05, 0.1) is 17.5 Å². The highest BCUT2D eigenvalue weighted by molar-refractivity contribution is 5.84. The minimum Gasteiger partial charge on any atom is -0.368 e. The third-order valence-electron chi connectivity index (χ3n) is 5.33. The largest absolute Gasteiger partial charge is 0.368 e. The summed E-state index contributed by atoms with van der Waals surface area (Å²) in [6.07, 6.45) is 8.84. The fourth-order valence-electron chi connectivity index (χ4n) is 3.72. The maximum absolute atomic E-state index is 13.3. The zero-order valence-electron chi connectivity index (χ0n) is 14.4. The number of nitrogens with zero attached hydrogens (tertiary/aromatic N) is 4. The van der Waals surface area contributed by atoms with Gasteiger partial charge in [0, 0.05) is 34.8 Å². The third-order valence-corrected chi connectivity index (χ3v) is 5.33. The van der Waals surface area contributed by atoms with Crippen molar-refractivity contribution in [1.29, 1.82) is 0 Å². The molecule has 1 aliphatic carbocycles. The maximum Gasteiger partial charge on any atom is 0.260 e. The predicted octanol–water partition coefficient (Wildman–Crippen LogP) is 1.65. The van der Waals surface area contributed by atoms with E-state index < -0.39 is 0 Å². The highest BCUT2D eigenvalue weighted by atomic mass is 16.1. The molecular formula is C19H19N6O+. The molecule has 26 heavy (non-hydrogen) atoms. The minimum absolute atomic E-state index is 0.0348. The molecule has 1 fully saturated rings. The molecule has 7 nitrogen and oxygen atoms in total. The van der Waals surface area contributed by atoms with Gasteiger partial charge in [-0.2, -0.15) is 4.98 Å². The lowest BCUT2D eigenvalue weighted by Gasteiger charge is -2.29. The summed E-state index contributed by atoms with van der Waals surface area (Å²) < 4.78 is 1.81. The molecule has 0 aromatic carbocycles. The van der Waals surface area contributed by atoms with Crippen molar-refractivity contribution in [3.63, 3.8) is 0 Å². The molecule has 1 saturated carbocycles. The van der Waals surface area contributed by atoms with Crippen molar-refractivity contribution in [3.8, 4) is 11.1 Å². The lowest BCUT2D eigenvalue weighted by atomic mass is 9.92.